The van der Waals surface area contributed by atoms with Gasteiger partial charge in [0.25, 0.3) is 0 Å². The molecule has 1 fully saturated rings. The van der Waals surface area contributed by atoms with E-state index in [1.165, 1.54) is 6.07 Å². The molecule has 0 unspecified atom stereocenters. The highest BCUT2D eigenvalue weighted by Gasteiger charge is 2.25. The molecule has 1 atom stereocenters. The smallest absolute Gasteiger partial charge is 0.387 e. The summed E-state index contributed by atoms with van der Waals surface area (Å²) in [4.78, 5) is 0. The van der Waals surface area contributed by atoms with E-state index >= 15 is 0 Å². The van der Waals surface area contributed by atoms with Gasteiger partial charge in [0.1, 0.15) is 0 Å². The Morgan fingerprint density at radius 3 is 2.63 bits per heavy atom. The summed E-state index contributed by atoms with van der Waals surface area (Å²) < 4.78 is 41.3. The van der Waals surface area contributed by atoms with Crippen LogP contribution in [0.3, 0.4) is 0 Å². The molecule has 4 nitrogen and oxygen atoms in total. The maximum Gasteiger partial charge on any atom is 0.387 e. The second-order valence-electron chi connectivity index (χ2n) is 6.52. The number of hydrogen-bond acceptors (Lipinski definition) is 4. The second kappa shape index (κ2) is 9.13. The lowest BCUT2D eigenvalue weighted by Crippen LogP contribution is -2.16. The van der Waals surface area contributed by atoms with Crippen LogP contribution in [0.15, 0.2) is 40.0 Å². The van der Waals surface area contributed by atoms with Crippen LogP contribution in [0.4, 0.5) is 8.78 Å². The predicted octanol–water partition coefficient (Wildman–Crippen LogP) is 5.33. The Kier molecular flexibility index (Phi) is 6.84. The van der Waals surface area contributed by atoms with E-state index in [2.05, 4.69) is 10.1 Å². The molecule has 0 radical (unpaired) electrons. The van der Waals surface area contributed by atoms with E-state index in [1.807, 2.05) is 0 Å². The first-order valence-corrected chi connectivity index (χ1v) is 9.44. The molecule has 0 spiro atoms. The van der Waals surface area contributed by atoms with E-state index in [0.29, 0.717) is 35.6 Å². The number of dihydropyridines is 1. The largest absolute Gasteiger partial charge is 0.489 e. The highest BCUT2D eigenvalue weighted by Crippen LogP contribution is 2.38. The number of allylic oxidation sites excluding steroid dienone is 1. The average Bonchev–Trinajstić information content (AvgIpc) is 3.45. The van der Waals surface area contributed by atoms with Gasteiger partial charge < -0.3 is 19.5 Å². The fraction of sp³-hybridized carbons (Fsp3) is 0.474. The molecule has 0 bridgehead atoms. The van der Waals surface area contributed by atoms with Gasteiger partial charge in [0.2, 0.25) is 0 Å². The molecule has 0 saturated heterocycles. The summed E-state index contributed by atoms with van der Waals surface area (Å²) in [6.45, 7) is -1.93. The van der Waals surface area contributed by atoms with E-state index in [-0.39, 0.29) is 17.6 Å². The van der Waals surface area contributed by atoms with Crippen LogP contribution < -0.4 is 14.8 Å². The first kappa shape index (κ1) is 20.2. The number of nitrogens with one attached hydrogen (secondary N) is 1. The highest BCUT2D eigenvalue weighted by molar-refractivity contribution is 6.36. The summed E-state index contributed by atoms with van der Waals surface area (Å²) >= 11 is 12.5. The molecular formula is C19H21Cl2F2NO3. The Bertz CT molecular complexity index is 736. The lowest BCUT2D eigenvalue weighted by molar-refractivity contribution is -0.0515. The van der Waals surface area contributed by atoms with Crippen LogP contribution >= 0.6 is 23.2 Å². The minimum Gasteiger partial charge on any atom is -0.489 e. The molecule has 1 heterocycles. The zero-order valence-corrected chi connectivity index (χ0v) is 16.3. The van der Waals surface area contributed by atoms with Crippen molar-refractivity contribution in [2.45, 2.75) is 32.0 Å². The summed E-state index contributed by atoms with van der Waals surface area (Å²) in [6.07, 6.45) is 3.97. The van der Waals surface area contributed by atoms with Gasteiger partial charge in [-0.1, -0.05) is 29.3 Å². The first-order chi connectivity index (χ1) is 13.0. The van der Waals surface area contributed by atoms with E-state index in [4.69, 9.17) is 32.7 Å². The maximum absolute atomic E-state index is 12.7. The first-order valence-electron chi connectivity index (χ1n) is 8.69. The molecule has 0 aromatic heterocycles. The number of rotatable bonds is 9. The Balaban J connectivity index is 1.82. The normalized spacial score (nSPS) is 18.2. The zero-order valence-electron chi connectivity index (χ0n) is 14.8. The highest BCUT2D eigenvalue weighted by atomic mass is 35.5. The van der Waals surface area contributed by atoms with Gasteiger partial charge in [-0.15, -0.1) is 0 Å². The molecule has 8 heteroatoms. The third kappa shape index (κ3) is 5.50. The number of ether oxygens (including phenoxy) is 3. The van der Waals surface area contributed by atoms with Crippen molar-refractivity contribution >= 4 is 23.2 Å². The van der Waals surface area contributed by atoms with Crippen molar-refractivity contribution < 1.29 is 23.0 Å². The molecule has 2 aliphatic rings. The van der Waals surface area contributed by atoms with Crippen LogP contribution in [0, 0.1) is 5.92 Å². The minimum atomic E-state index is -2.92. The van der Waals surface area contributed by atoms with Crippen molar-refractivity contribution in [3.63, 3.8) is 0 Å². The quantitative estimate of drug-likeness (QED) is 0.586. The average molecular weight is 420 g/mol. The Labute approximate surface area is 167 Å². The van der Waals surface area contributed by atoms with Crippen LogP contribution in [-0.4, -0.2) is 26.9 Å². The molecular weight excluding hydrogens is 399 g/mol. The van der Waals surface area contributed by atoms with Crippen molar-refractivity contribution in [1.29, 1.82) is 0 Å². The molecule has 0 amide bonds. The Morgan fingerprint density at radius 1 is 1.22 bits per heavy atom. The monoisotopic (exact) mass is 419 g/mol. The van der Waals surface area contributed by atoms with Crippen LogP contribution in [-0.2, 0) is 4.74 Å². The number of halogens is 4. The maximum atomic E-state index is 12.7. The van der Waals surface area contributed by atoms with Gasteiger partial charge in [0.05, 0.1) is 24.3 Å². The van der Waals surface area contributed by atoms with Crippen LogP contribution in [0.25, 0.3) is 0 Å². The van der Waals surface area contributed by atoms with Crippen molar-refractivity contribution in [2.75, 3.05) is 20.3 Å². The molecule has 1 aliphatic carbocycles. The predicted molar refractivity (Wildman–Crippen MR) is 100 cm³/mol. The lowest BCUT2D eigenvalue weighted by Gasteiger charge is -2.22. The minimum absolute atomic E-state index is 0.0151. The molecule has 27 heavy (non-hydrogen) atoms. The summed E-state index contributed by atoms with van der Waals surface area (Å²) in [5, 5.41) is 4.12. The Morgan fingerprint density at radius 2 is 2.00 bits per heavy atom. The number of methoxy groups -OCH3 is 1. The third-order valence-corrected chi connectivity index (χ3v) is 5.20. The lowest BCUT2D eigenvalue weighted by atomic mass is 9.99. The van der Waals surface area contributed by atoms with E-state index in [0.717, 1.165) is 24.0 Å². The van der Waals surface area contributed by atoms with Gasteiger partial charge in [-0.2, -0.15) is 8.78 Å². The third-order valence-electron chi connectivity index (χ3n) is 4.50. The van der Waals surface area contributed by atoms with Crippen molar-refractivity contribution in [2.24, 2.45) is 5.92 Å². The van der Waals surface area contributed by atoms with E-state index in [1.54, 1.807) is 25.4 Å². The molecule has 1 aromatic carbocycles. The van der Waals surface area contributed by atoms with Gasteiger partial charge in [-0.3, -0.25) is 0 Å². The fourth-order valence-electron chi connectivity index (χ4n) is 2.81. The van der Waals surface area contributed by atoms with Crippen molar-refractivity contribution in [3.8, 4) is 11.5 Å². The van der Waals surface area contributed by atoms with Gasteiger partial charge in [0, 0.05) is 24.8 Å². The van der Waals surface area contributed by atoms with E-state index in [9.17, 15) is 8.78 Å². The standard InChI is InChI=1S/C19H21Cl2F2NO3/c1-25-17(7-13-14(20)8-24-9-15(13)21)12-4-5-16(27-19(22)23)18(6-12)26-10-11-2-3-11/h4-6,8,11,17,19,24H,2-3,7,9-10H2,1H3/t17-/m0/s1. The summed E-state index contributed by atoms with van der Waals surface area (Å²) in [7, 11) is 1.58. The molecule has 3 rings (SSSR count). The second-order valence-corrected chi connectivity index (χ2v) is 7.39. The van der Waals surface area contributed by atoms with Gasteiger partial charge >= 0.3 is 6.61 Å². The molecule has 1 aromatic rings. The summed E-state index contributed by atoms with van der Waals surface area (Å²) in [6, 6.07) is 4.84. The number of benzene rings is 1. The number of alkyl halides is 2. The van der Waals surface area contributed by atoms with Crippen molar-refractivity contribution in [3.05, 3.63) is 45.6 Å². The van der Waals surface area contributed by atoms with Gasteiger partial charge in [-0.05, 0) is 42.0 Å². The Hall–Kier alpha value is -1.50. The summed E-state index contributed by atoms with van der Waals surface area (Å²) in [5.41, 5.74) is 1.56. The molecule has 1 saturated carbocycles. The SMILES string of the molecule is CO[C@@H](CC1=C(Cl)CNC=C1Cl)c1ccc(OC(F)F)c(OCC2CC2)c1. The summed E-state index contributed by atoms with van der Waals surface area (Å²) in [5.74, 6) is 0.781. The van der Waals surface area contributed by atoms with Crippen LogP contribution in [0.2, 0.25) is 0 Å². The van der Waals surface area contributed by atoms with Crippen LogP contribution in [0.1, 0.15) is 30.9 Å². The van der Waals surface area contributed by atoms with Gasteiger partial charge in [-0.25, -0.2) is 0 Å². The van der Waals surface area contributed by atoms with Crippen molar-refractivity contribution in [1.82, 2.24) is 5.32 Å². The fourth-order valence-corrected chi connectivity index (χ4v) is 3.38. The molecule has 1 N–H and O–H groups in total. The van der Waals surface area contributed by atoms with Gasteiger partial charge in [0.15, 0.2) is 11.5 Å². The molecule has 1 aliphatic heterocycles. The number of hydrogen-bond donors (Lipinski definition) is 1. The zero-order chi connectivity index (χ0) is 19.4. The topological polar surface area (TPSA) is 39.7 Å². The molecule has 148 valence electrons. The van der Waals surface area contributed by atoms with Crippen LogP contribution in [0.5, 0.6) is 11.5 Å². The van der Waals surface area contributed by atoms with E-state index < -0.39 is 6.61 Å².